The number of amides is 1. The molecule has 3 aromatic rings. The van der Waals surface area contributed by atoms with E-state index in [0.717, 1.165) is 53.4 Å². The number of benzene rings is 2. The van der Waals surface area contributed by atoms with E-state index in [1.165, 1.54) is 5.56 Å². The minimum atomic E-state index is 0.0866. The Balaban J connectivity index is 1.62. The van der Waals surface area contributed by atoms with Gasteiger partial charge in [0.2, 0.25) is 5.91 Å². The Morgan fingerprint density at radius 2 is 1.72 bits per heavy atom. The molecule has 0 aliphatic rings. The number of hydrogen-bond acceptors (Lipinski definition) is 4. The molecular weight excluding hydrogens is 378 g/mol. The molecule has 0 aliphatic heterocycles. The molecule has 3 rings (SSSR count). The second-order valence-electron chi connectivity index (χ2n) is 7.34. The first-order valence-corrected chi connectivity index (χ1v) is 11.2. The van der Waals surface area contributed by atoms with Gasteiger partial charge in [-0.25, -0.2) is 4.98 Å². The summed E-state index contributed by atoms with van der Waals surface area (Å²) in [7, 11) is 0. The molecule has 0 saturated carbocycles. The number of nitrogens with zero attached hydrogens (tertiary/aromatic N) is 1. The Hall–Kier alpha value is -2.66. The lowest BCUT2D eigenvalue weighted by Crippen LogP contribution is -2.22. The molecule has 2 aromatic carbocycles. The molecule has 1 heterocycles. The van der Waals surface area contributed by atoms with Crippen molar-refractivity contribution in [2.75, 3.05) is 10.6 Å². The summed E-state index contributed by atoms with van der Waals surface area (Å²) in [5.41, 5.74) is 5.06. The Morgan fingerprint density at radius 1 is 1.03 bits per heavy atom. The summed E-state index contributed by atoms with van der Waals surface area (Å²) in [5, 5.41) is 9.31. The van der Waals surface area contributed by atoms with Crippen LogP contribution in [-0.2, 0) is 4.79 Å². The van der Waals surface area contributed by atoms with E-state index in [1.807, 2.05) is 29.6 Å². The molecule has 0 aliphatic carbocycles. The molecule has 152 valence electrons. The van der Waals surface area contributed by atoms with E-state index in [4.69, 9.17) is 0 Å². The molecular formula is C24H29N3OS. The molecule has 0 spiro atoms. The normalized spacial score (nSPS) is 11.8. The topological polar surface area (TPSA) is 54.0 Å². The summed E-state index contributed by atoms with van der Waals surface area (Å²) in [6.45, 7) is 6.31. The second kappa shape index (κ2) is 10.2. The van der Waals surface area contributed by atoms with Crippen LogP contribution in [0.5, 0.6) is 0 Å². The van der Waals surface area contributed by atoms with E-state index in [-0.39, 0.29) is 11.8 Å². The standard InChI is InChI=1S/C24H29N3OS/c1-4-6-7-18(5-2)23(28)25-20-14-10-19(11-15-20)22-16-29-24(27-22)26-21-12-8-17(3)9-13-21/h8-16,18H,4-7H2,1-3H3,(H,25,28)(H,26,27)/t18-/m0/s1. The quantitative estimate of drug-likeness (QED) is 0.401. The molecule has 1 atom stereocenters. The van der Waals surface area contributed by atoms with Crippen molar-refractivity contribution in [3.63, 3.8) is 0 Å². The molecule has 0 bridgehead atoms. The lowest BCUT2D eigenvalue weighted by atomic mass is 9.98. The highest BCUT2D eigenvalue weighted by atomic mass is 32.1. The molecule has 0 saturated heterocycles. The van der Waals surface area contributed by atoms with Gasteiger partial charge in [0, 0.05) is 28.2 Å². The molecule has 5 heteroatoms. The van der Waals surface area contributed by atoms with Crippen LogP contribution in [0, 0.1) is 12.8 Å². The number of unbranched alkanes of at least 4 members (excludes halogenated alkanes) is 1. The fourth-order valence-electron chi connectivity index (χ4n) is 3.16. The van der Waals surface area contributed by atoms with Crippen LogP contribution in [0.2, 0.25) is 0 Å². The highest BCUT2D eigenvalue weighted by molar-refractivity contribution is 7.14. The monoisotopic (exact) mass is 407 g/mol. The van der Waals surface area contributed by atoms with Crippen LogP contribution in [0.15, 0.2) is 53.9 Å². The van der Waals surface area contributed by atoms with Crippen LogP contribution in [-0.4, -0.2) is 10.9 Å². The summed E-state index contributed by atoms with van der Waals surface area (Å²) >= 11 is 1.58. The van der Waals surface area contributed by atoms with E-state index in [2.05, 4.69) is 60.7 Å². The number of hydrogen-bond donors (Lipinski definition) is 2. The highest BCUT2D eigenvalue weighted by Gasteiger charge is 2.16. The van der Waals surface area contributed by atoms with Gasteiger partial charge >= 0.3 is 0 Å². The number of thiazole rings is 1. The SMILES string of the molecule is CCCC[C@H](CC)C(=O)Nc1ccc(-c2csc(Nc3ccc(C)cc3)n2)cc1. The molecule has 1 amide bonds. The third-order valence-electron chi connectivity index (χ3n) is 5.02. The summed E-state index contributed by atoms with van der Waals surface area (Å²) in [6, 6.07) is 16.2. The Kier molecular flexibility index (Phi) is 7.42. The Bertz CT molecular complexity index is 916. The van der Waals surface area contributed by atoms with E-state index in [1.54, 1.807) is 11.3 Å². The van der Waals surface area contributed by atoms with Gasteiger partial charge in [-0.3, -0.25) is 4.79 Å². The summed E-state index contributed by atoms with van der Waals surface area (Å²) < 4.78 is 0. The first-order chi connectivity index (χ1) is 14.1. The maximum Gasteiger partial charge on any atom is 0.227 e. The summed E-state index contributed by atoms with van der Waals surface area (Å²) in [5.74, 6) is 0.204. The number of anilines is 3. The maximum atomic E-state index is 12.5. The van der Waals surface area contributed by atoms with Gasteiger partial charge < -0.3 is 10.6 Å². The van der Waals surface area contributed by atoms with Crippen molar-refractivity contribution in [3.05, 3.63) is 59.5 Å². The lowest BCUT2D eigenvalue weighted by Gasteiger charge is -2.14. The molecule has 1 aromatic heterocycles. The predicted octanol–water partition coefficient (Wildman–Crippen LogP) is 7.02. The molecule has 4 nitrogen and oxygen atoms in total. The zero-order valence-electron chi connectivity index (χ0n) is 17.4. The minimum absolute atomic E-state index is 0.0866. The van der Waals surface area contributed by atoms with E-state index in [9.17, 15) is 4.79 Å². The Labute approximate surface area is 177 Å². The molecule has 29 heavy (non-hydrogen) atoms. The largest absolute Gasteiger partial charge is 0.332 e. The van der Waals surface area contributed by atoms with Crippen LogP contribution < -0.4 is 10.6 Å². The number of nitrogens with one attached hydrogen (secondary N) is 2. The van der Waals surface area contributed by atoms with Crippen molar-refractivity contribution in [2.24, 2.45) is 5.92 Å². The molecule has 0 fully saturated rings. The van der Waals surface area contributed by atoms with Crippen LogP contribution in [0.1, 0.15) is 45.1 Å². The average molecular weight is 408 g/mol. The molecule has 2 N–H and O–H groups in total. The zero-order chi connectivity index (χ0) is 20.6. The first-order valence-electron chi connectivity index (χ1n) is 10.3. The molecule has 0 radical (unpaired) electrons. The van der Waals surface area contributed by atoms with E-state index < -0.39 is 0 Å². The van der Waals surface area contributed by atoms with Crippen LogP contribution in [0.25, 0.3) is 11.3 Å². The first kappa shape index (κ1) is 21.1. The average Bonchev–Trinajstić information content (AvgIpc) is 3.19. The number of rotatable bonds is 9. The van der Waals surface area contributed by atoms with Crippen molar-refractivity contribution in [3.8, 4) is 11.3 Å². The number of carbonyl (C=O) groups excluding carboxylic acids is 1. The number of aryl methyl sites for hydroxylation is 1. The third-order valence-corrected chi connectivity index (χ3v) is 5.78. The maximum absolute atomic E-state index is 12.5. The van der Waals surface area contributed by atoms with Gasteiger partial charge in [0.25, 0.3) is 0 Å². The summed E-state index contributed by atoms with van der Waals surface area (Å²) in [4.78, 5) is 17.2. The van der Waals surface area contributed by atoms with Crippen molar-refractivity contribution in [2.45, 2.75) is 46.5 Å². The van der Waals surface area contributed by atoms with E-state index >= 15 is 0 Å². The third kappa shape index (κ3) is 5.91. The summed E-state index contributed by atoms with van der Waals surface area (Å²) in [6.07, 6.45) is 4.03. The Morgan fingerprint density at radius 3 is 2.38 bits per heavy atom. The highest BCUT2D eigenvalue weighted by Crippen LogP contribution is 2.28. The van der Waals surface area contributed by atoms with Gasteiger partial charge in [0.15, 0.2) is 5.13 Å². The molecule has 0 unspecified atom stereocenters. The number of aromatic nitrogens is 1. The van der Waals surface area contributed by atoms with Crippen molar-refractivity contribution >= 4 is 33.8 Å². The second-order valence-corrected chi connectivity index (χ2v) is 8.20. The van der Waals surface area contributed by atoms with E-state index in [0.29, 0.717) is 0 Å². The fourth-order valence-corrected chi connectivity index (χ4v) is 3.90. The van der Waals surface area contributed by atoms with Gasteiger partial charge in [-0.15, -0.1) is 11.3 Å². The van der Waals surface area contributed by atoms with Crippen molar-refractivity contribution in [1.82, 2.24) is 4.98 Å². The van der Waals surface area contributed by atoms with Crippen molar-refractivity contribution < 1.29 is 4.79 Å². The van der Waals surface area contributed by atoms with Crippen LogP contribution >= 0.6 is 11.3 Å². The smallest absolute Gasteiger partial charge is 0.227 e. The zero-order valence-corrected chi connectivity index (χ0v) is 18.2. The van der Waals surface area contributed by atoms with Gasteiger partial charge in [-0.2, -0.15) is 0 Å². The van der Waals surface area contributed by atoms with Gasteiger partial charge in [0.05, 0.1) is 5.69 Å². The van der Waals surface area contributed by atoms with Crippen LogP contribution in [0.4, 0.5) is 16.5 Å². The fraction of sp³-hybridized carbons (Fsp3) is 0.333. The van der Waals surface area contributed by atoms with Gasteiger partial charge in [-0.05, 0) is 44.0 Å². The predicted molar refractivity (Wildman–Crippen MR) is 124 cm³/mol. The van der Waals surface area contributed by atoms with Gasteiger partial charge in [-0.1, -0.05) is 56.5 Å². The lowest BCUT2D eigenvalue weighted by molar-refractivity contribution is -0.120. The van der Waals surface area contributed by atoms with Crippen LogP contribution in [0.3, 0.4) is 0 Å². The minimum Gasteiger partial charge on any atom is -0.332 e. The van der Waals surface area contributed by atoms with Gasteiger partial charge in [0.1, 0.15) is 0 Å². The van der Waals surface area contributed by atoms with Crippen molar-refractivity contribution in [1.29, 1.82) is 0 Å². The number of carbonyl (C=O) groups is 1.